The van der Waals surface area contributed by atoms with Gasteiger partial charge >= 0.3 is 0 Å². The maximum absolute atomic E-state index is 12.2. The number of rotatable bonds is 7. The highest BCUT2D eigenvalue weighted by atomic mass is 79.9. The highest BCUT2D eigenvalue weighted by molar-refractivity contribution is 9.09. The molecule has 1 aromatic carbocycles. The first-order valence-corrected chi connectivity index (χ1v) is 9.01. The number of benzene rings is 1. The van der Waals surface area contributed by atoms with Crippen LogP contribution in [0.1, 0.15) is 32.3 Å². The van der Waals surface area contributed by atoms with Crippen molar-refractivity contribution in [3.63, 3.8) is 0 Å². The molecule has 0 amide bonds. The number of alkyl halides is 1. The molecule has 0 fully saturated rings. The Bertz CT molecular complexity index is 498. The van der Waals surface area contributed by atoms with Gasteiger partial charge in [-0.15, -0.1) is 0 Å². The average Bonchev–Trinajstić information content (AvgIpc) is 2.38. The quantitative estimate of drug-likeness (QED) is 0.767. The van der Waals surface area contributed by atoms with Crippen LogP contribution < -0.4 is 4.72 Å². The lowest BCUT2D eigenvalue weighted by Crippen LogP contribution is -2.33. The maximum atomic E-state index is 12.2. The summed E-state index contributed by atoms with van der Waals surface area (Å²) in [6, 6.07) is 7.03. The highest BCUT2D eigenvalue weighted by Gasteiger charge is 2.20. The van der Waals surface area contributed by atoms with Crippen LogP contribution in [0.25, 0.3) is 0 Å². The van der Waals surface area contributed by atoms with E-state index in [0.717, 1.165) is 18.4 Å². The second-order valence-corrected chi connectivity index (χ2v) is 7.62. The summed E-state index contributed by atoms with van der Waals surface area (Å²) in [4.78, 5) is 0.528. The SMILES string of the molecule is CCC(CC)C(Br)CNS(=O)(=O)c1ccccc1C. The molecule has 108 valence electrons. The summed E-state index contributed by atoms with van der Waals surface area (Å²) < 4.78 is 27.1. The Kier molecular flexibility index (Phi) is 6.50. The zero-order chi connectivity index (χ0) is 14.5. The van der Waals surface area contributed by atoms with E-state index < -0.39 is 10.0 Å². The predicted molar refractivity (Wildman–Crippen MR) is 83.2 cm³/mol. The molecule has 3 nitrogen and oxygen atoms in total. The van der Waals surface area contributed by atoms with Crippen LogP contribution in [0, 0.1) is 12.8 Å². The normalized spacial score (nSPS) is 13.7. The second-order valence-electron chi connectivity index (χ2n) is 4.71. The molecule has 1 atom stereocenters. The molecule has 5 heteroatoms. The molecule has 0 aliphatic carbocycles. The van der Waals surface area contributed by atoms with E-state index in [-0.39, 0.29) is 4.83 Å². The van der Waals surface area contributed by atoms with Gasteiger partial charge in [-0.1, -0.05) is 60.8 Å². The van der Waals surface area contributed by atoms with E-state index in [1.165, 1.54) is 0 Å². The molecule has 1 aromatic rings. The fourth-order valence-corrected chi connectivity index (χ4v) is 4.52. The summed E-state index contributed by atoms with van der Waals surface area (Å²) in [6.07, 6.45) is 2.08. The number of hydrogen-bond acceptors (Lipinski definition) is 2. The predicted octanol–water partition coefficient (Wildman–Crippen LogP) is 3.47. The molecule has 0 aliphatic heterocycles. The van der Waals surface area contributed by atoms with Crippen LogP contribution >= 0.6 is 15.9 Å². The van der Waals surface area contributed by atoms with Crippen molar-refractivity contribution in [1.29, 1.82) is 0 Å². The molecule has 1 N–H and O–H groups in total. The Balaban J connectivity index is 2.74. The topological polar surface area (TPSA) is 46.2 Å². The van der Waals surface area contributed by atoms with Gasteiger partial charge in [0.15, 0.2) is 0 Å². The van der Waals surface area contributed by atoms with Gasteiger partial charge in [-0.05, 0) is 24.5 Å². The summed E-state index contributed by atoms with van der Waals surface area (Å²) in [5.74, 6) is 0.486. The van der Waals surface area contributed by atoms with Crippen molar-refractivity contribution in [3.8, 4) is 0 Å². The standard InChI is InChI=1S/C14H22BrNO2S/c1-4-12(5-2)13(15)10-16-19(17,18)14-9-7-6-8-11(14)3/h6-9,12-13,16H,4-5,10H2,1-3H3. The summed E-state index contributed by atoms with van der Waals surface area (Å²) in [7, 11) is -3.42. The minimum atomic E-state index is -3.42. The first-order chi connectivity index (χ1) is 8.92. The fourth-order valence-electron chi connectivity index (χ4n) is 2.09. The third-order valence-electron chi connectivity index (χ3n) is 3.41. The van der Waals surface area contributed by atoms with Crippen LogP contribution in [0.4, 0.5) is 0 Å². The van der Waals surface area contributed by atoms with Crippen molar-refractivity contribution in [2.45, 2.75) is 43.3 Å². The van der Waals surface area contributed by atoms with Gasteiger partial charge in [0.05, 0.1) is 4.90 Å². The zero-order valence-corrected chi connectivity index (χ0v) is 14.1. The Morgan fingerprint density at radius 3 is 2.32 bits per heavy atom. The van der Waals surface area contributed by atoms with Crippen molar-refractivity contribution >= 4 is 26.0 Å². The van der Waals surface area contributed by atoms with E-state index in [1.54, 1.807) is 25.1 Å². The Morgan fingerprint density at radius 1 is 1.21 bits per heavy atom. The van der Waals surface area contributed by atoms with Crippen LogP contribution in [-0.4, -0.2) is 19.8 Å². The minimum absolute atomic E-state index is 0.168. The molecule has 0 spiro atoms. The van der Waals surface area contributed by atoms with Crippen molar-refractivity contribution in [2.24, 2.45) is 5.92 Å². The molecule has 0 saturated carbocycles. The molecule has 1 rings (SSSR count). The van der Waals surface area contributed by atoms with Gasteiger partial charge in [0.2, 0.25) is 10.0 Å². The average molecular weight is 348 g/mol. The van der Waals surface area contributed by atoms with Gasteiger partial charge in [0, 0.05) is 11.4 Å². The number of halogens is 1. The highest BCUT2D eigenvalue weighted by Crippen LogP contribution is 2.20. The van der Waals surface area contributed by atoms with Crippen molar-refractivity contribution < 1.29 is 8.42 Å². The zero-order valence-electron chi connectivity index (χ0n) is 11.7. The largest absolute Gasteiger partial charge is 0.240 e. The van der Waals surface area contributed by atoms with Crippen LogP contribution in [0.5, 0.6) is 0 Å². The number of hydrogen-bond donors (Lipinski definition) is 1. The lowest BCUT2D eigenvalue weighted by molar-refractivity contribution is 0.471. The summed E-state index contributed by atoms with van der Waals surface area (Å²) >= 11 is 3.58. The third-order valence-corrected chi connectivity index (χ3v) is 6.07. The molecule has 1 unspecified atom stereocenters. The van der Waals surface area contributed by atoms with Gasteiger partial charge in [-0.2, -0.15) is 0 Å². The molecule has 0 bridgehead atoms. The van der Waals surface area contributed by atoms with E-state index >= 15 is 0 Å². The lowest BCUT2D eigenvalue weighted by Gasteiger charge is -2.20. The summed E-state index contributed by atoms with van der Waals surface area (Å²) in [5.41, 5.74) is 0.767. The molecule has 0 saturated heterocycles. The molecule has 0 radical (unpaired) electrons. The van der Waals surface area contributed by atoms with Crippen molar-refractivity contribution in [2.75, 3.05) is 6.54 Å². The first kappa shape index (κ1) is 16.7. The maximum Gasteiger partial charge on any atom is 0.240 e. The van der Waals surface area contributed by atoms with Crippen molar-refractivity contribution in [1.82, 2.24) is 4.72 Å². The minimum Gasteiger partial charge on any atom is -0.210 e. The summed E-state index contributed by atoms with van der Waals surface area (Å²) in [5, 5.41) is 0. The number of aryl methyl sites for hydroxylation is 1. The smallest absolute Gasteiger partial charge is 0.210 e. The fraction of sp³-hybridized carbons (Fsp3) is 0.571. The van der Waals surface area contributed by atoms with E-state index in [9.17, 15) is 8.42 Å². The lowest BCUT2D eigenvalue weighted by atomic mass is 10.00. The van der Waals surface area contributed by atoms with Gasteiger partial charge in [-0.3, -0.25) is 0 Å². The molecular weight excluding hydrogens is 326 g/mol. The van der Waals surface area contributed by atoms with Gasteiger partial charge in [0.1, 0.15) is 0 Å². The molecule has 0 heterocycles. The van der Waals surface area contributed by atoms with Crippen LogP contribution in [0.2, 0.25) is 0 Å². The second kappa shape index (κ2) is 7.41. The Labute approximate surface area is 125 Å². The number of nitrogens with one attached hydrogen (secondary N) is 1. The molecule has 19 heavy (non-hydrogen) atoms. The van der Waals surface area contributed by atoms with Crippen LogP contribution in [0.3, 0.4) is 0 Å². The van der Waals surface area contributed by atoms with E-state index in [0.29, 0.717) is 17.4 Å². The van der Waals surface area contributed by atoms with Crippen molar-refractivity contribution in [3.05, 3.63) is 29.8 Å². The Morgan fingerprint density at radius 2 is 1.79 bits per heavy atom. The van der Waals surface area contributed by atoms with E-state index in [1.807, 2.05) is 6.07 Å². The van der Waals surface area contributed by atoms with Crippen LogP contribution in [-0.2, 0) is 10.0 Å². The third kappa shape index (κ3) is 4.58. The van der Waals surface area contributed by atoms with Gasteiger partial charge in [-0.25, -0.2) is 13.1 Å². The van der Waals surface area contributed by atoms with E-state index in [2.05, 4.69) is 34.5 Å². The Hall–Kier alpha value is -0.390. The van der Waals surface area contributed by atoms with Gasteiger partial charge in [0.25, 0.3) is 0 Å². The monoisotopic (exact) mass is 347 g/mol. The molecule has 0 aromatic heterocycles. The van der Waals surface area contributed by atoms with Crippen LogP contribution in [0.15, 0.2) is 29.2 Å². The number of sulfonamides is 1. The van der Waals surface area contributed by atoms with E-state index in [4.69, 9.17) is 0 Å². The summed E-state index contributed by atoms with van der Waals surface area (Å²) in [6.45, 7) is 6.47. The first-order valence-electron chi connectivity index (χ1n) is 6.61. The molecule has 0 aliphatic rings. The van der Waals surface area contributed by atoms with Gasteiger partial charge < -0.3 is 0 Å². The molecular formula is C14H22BrNO2S.